The lowest BCUT2D eigenvalue weighted by Crippen LogP contribution is -2.46. The maximum atomic E-state index is 11.4. The zero-order valence-electron chi connectivity index (χ0n) is 10.6. The number of carbonyl (C=O) groups excluding carboxylic acids is 2. The molecule has 0 heterocycles. The molecule has 0 spiro atoms. The van der Waals surface area contributed by atoms with Gasteiger partial charge in [-0.05, 0) is 27.2 Å². The number of nitrogens with two attached hydrogens (primary N) is 1. The van der Waals surface area contributed by atoms with Gasteiger partial charge in [0.25, 0.3) is 0 Å². The second kappa shape index (κ2) is 6.48. The molecular weight excluding hydrogens is 206 g/mol. The van der Waals surface area contributed by atoms with Crippen LogP contribution in [-0.2, 0) is 9.59 Å². The van der Waals surface area contributed by atoms with Crippen molar-refractivity contribution in [1.82, 2.24) is 10.6 Å². The largest absolute Gasteiger partial charge is 0.350 e. The van der Waals surface area contributed by atoms with Crippen molar-refractivity contribution in [3.8, 4) is 0 Å². The molecule has 0 aliphatic rings. The van der Waals surface area contributed by atoms with E-state index in [1.165, 1.54) is 0 Å². The van der Waals surface area contributed by atoms with Crippen LogP contribution in [0.3, 0.4) is 0 Å². The average Bonchev–Trinajstić information content (AvgIpc) is 2.12. The zero-order valence-corrected chi connectivity index (χ0v) is 10.6. The number of nitrogens with one attached hydrogen (secondary N) is 2. The molecule has 0 aromatic heterocycles. The second-order valence-electron chi connectivity index (χ2n) is 4.95. The van der Waals surface area contributed by atoms with E-state index < -0.39 is 0 Å². The standard InChI is InChI=1S/C11H23N3O2/c1-5-8(12)6-9(15)13-7-10(16)14-11(2,3)4/h8H,5-7,12H2,1-4H3,(H,13,15)(H,14,16). The van der Waals surface area contributed by atoms with Crippen LogP contribution in [0.15, 0.2) is 0 Å². The molecule has 2 amide bonds. The predicted molar refractivity (Wildman–Crippen MR) is 63.8 cm³/mol. The molecule has 0 aliphatic carbocycles. The molecule has 0 aromatic carbocycles. The number of rotatable bonds is 5. The summed E-state index contributed by atoms with van der Waals surface area (Å²) >= 11 is 0. The fraction of sp³-hybridized carbons (Fsp3) is 0.818. The molecule has 5 nitrogen and oxygen atoms in total. The molecule has 0 fully saturated rings. The van der Waals surface area contributed by atoms with E-state index in [-0.39, 0.29) is 36.4 Å². The summed E-state index contributed by atoms with van der Waals surface area (Å²) in [6.07, 6.45) is 1.01. The van der Waals surface area contributed by atoms with Gasteiger partial charge in [0.05, 0.1) is 6.54 Å². The maximum absolute atomic E-state index is 11.4. The van der Waals surface area contributed by atoms with E-state index in [1.54, 1.807) is 0 Å². The lowest BCUT2D eigenvalue weighted by Gasteiger charge is -2.20. The molecule has 0 saturated heterocycles. The minimum absolute atomic E-state index is 0.00649. The SMILES string of the molecule is CCC(N)CC(=O)NCC(=O)NC(C)(C)C. The normalized spacial score (nSPS) is 13.1. The molecule has 0 rings (SSSR count). The monoisotopic (exact) mass is 229 g/mol. The van der Waals surface area contributed by atoms with Crippen molar-refractivity contribution in [3.05, 3.63) is 0 Å². The van der Waals surface area contributed by atoms with Crippen LogP contribution in [0.4, 0.5) is 0 Å². The van der Waals surface area contributed by atoms with Gasteiger partial charge in [-0.15, -0.1) is 0 Å². The topological polar surface area (TPSA) is 84.2 Å². The van der Waals surface area contributed by atoms with Crippen LogP contribution in [0.2, 0.25) is 0 Å². The highest BCUT2D eigenvalue weighted by molar-refractivity contribution is 5.85. The Morgan fingerprint density at radius 3 is 2.25 bits per heavy atom. The Morgan fingerprint density at radius 2 is 1.81 bits per heavy atom. The lowest BCUT2D eigenvalue weighted by molar-refractivity contribution is -0.127. The first-order valence-corrected chi connectivity index (χ1v) is 5.58. The number of hydrogen-bond acceptors (Lipinski definition) is 3. The quantitative estimate of drug-likeness (QED) is 0.627. The average molecular weight is 229 g/mol. The summed E-state index contributed by atoms with van der Waals surface area (Å²) < 4.78 is 0. The molecule has 1 atom stereocenters. The third kappa shape index (κ3) is 8.23. The van der Waals surface area contributed by atoms with Gasteiger partial charge in [0.1, 0.15) is 0 Å². The Hall–Kier alpha value is -1.10. The first kappa shape index (κ1) is 14.9. The van der Waals surface area contributed by atoms with Gasteiger partial charge in [0.15, 0.2) is 0 Å². The van der Waals surface area contributed by atoms with Crippen molar-refractivity contribution in [2.45, 2.75) is 52.1 Å². The van der Waals surface area contributed by atoms with Gasteiger partial charge in [-0.3, -0.25) is 9.59 Å². The highest BCUT2D eigenvalue weighted by Gasteiger charge is 2.14. The van der Waals surface area contributed by atoms with Crippen LogP contribution in [0, 0.1) is 0 Å². The highest BCUT2D eigenvalue weighted by atomic mass is 16.2. The smallest absolute Gasteiger partial charge is 0.239 e. The van der Waals surface area contributed by atoms with Gasteiger partial charge >= 0.3 is 0 Å². The van der Waals surface area contributed by atoms with E-state index in [0.29, 0.717) is 0 Å². The van der Waals surface area contributed by atoms with Crippen molar-refractivity contribution in [1.29, 1.82) is 0 Å². The molecule has 0 saturated carbocycles. The third-order valence-corrected chi connectivity index (χ3v) is 1.93. The van der Waals surface area contributed by atoms with Gasteiger partial charge in [0.2, 0.25) is 11.8 Å². The molecule has 0 radical (unpaired) electrons. The first-order valence-electron chi connectivity index (χ1n) is 5.58. The predicted octanol–water partition coefficient (Wildman–Crippen LogP) is 0.145. The second-order valence-corrected chi connectivity index (χ2v) is 4.95. The van der Waals surface area contributed by atoms with Crippen LogP contribution in [0.25, 0.3) is 0 Å². The van der Waals surface area contributed by atoms with Crippen molar-refractivity contribution in [2.75, 3.05) is 6.54 Å². The Balaban J connectivity index is 3.80. The van der Waals surface area contributed by atoms with Crippen LogP contribution in [0.5, 0.6) is 0 Å². The van der Waals surface area contributed by atoms with E-state index in [0.717, 1.165) is 6.42 Å². The number of hydrogen-bond donors (Lipinski definition) is 3. The van der Waals surface area contributed by atoms with Gasteiger partial charge in [-0.2, -0.15) is 0 Å². The summed E-state index contributed by atoms with van der Waals surface area (Å²) in [5.41, 5.74) is 5.34. The molecule has 0 aliphatic heterocycles. The minimum atomic E-state index is -0.276. The van der Waals surface area contributed by atoms with Crippen molar-refractivity contribution in [2.24, 2.45) is 5.73 Å². The van der Waals surface area contributed by atoms with Gasteiger partial charge < -0.3 is 16.4 Å². The summed E-state index contributed by atoms with van der Waals surface area (Å²) in [7, 11) is 0. The van der Waals surface area contributed by atoms with Crippen LogP contribution in [0.1, 0.15) is 40.5 Å². The fourth-order valence-electron chi connectivity index (χ4n) is 1.10. The van der Waals surface area contributed by atoms with Crippen molar-refractivity contribution < 1.29 is 9.59 Å². The van der Waals surface area contributed by atoms with E-state index in [4.69, 9.17) is 5.73 Å². The Bertz CT molecular complexity index is 246. The first-order chi connectivity index (χ1) is 7.24. The fourth-order valence-corrected chi connectivity index (χ4v) is 1.10. The zero-order chi connectivity index (χ0) is 12.8. The Morgan fingerprint density at radius 1 is 1.25 bits per heavy atom. The summed E-state index contributed by atoms with van der Waals surface area (Å²) in [6, 6.07) is -0.134. The van der Waals surface area contributed by atoms with Crippen molar-refractivity contribution >= 4 is 11.8 Å². The van der Waals surface area contributed by atoms with E-state index in [2.05, 4.69) is 10.6 Å². The van der Waals surface area contributed by atoms with Gasteiger partial charge in [0, 0.05) is 18.0 Å². The van der Waals surface area contributed by atoms with Crippen LogP contribution in [-0.4, -0.2) is 29.9 Å². The van der Waals surface area contributed by atoms with Crippen LogP contribution < -0.4 is 16.4 Å². The minimum Gasteiger partial charge on any atom is -0.350 e. The Labute approximate surface area is 97.2 Å². The Kier molecular flexibility index (Phi) is 6.03. The highest BCUT2D eigenvalue weighted by Crippen LogP contribution is 1.97. The molecule has 16 heavy (non-hydrogen) atoms. The summed E-state index contributed by atoms with van der Waals surface area (Å²) in [4.78, 5) is 22.7. The summed E-state index contributed by atoms with van der Waals surface area (Å²) in [5, 5.41) is 5.30. The third-order valence-electron chi connectivity index (χ3n) is 1.93. The molecule has 1 unspecified atom stereocenters. The lowest BCUT2D eigenvalue weighted by atomic mass is 10.1. The van der Waals surface area contributed by atoms with Gasteiger partial charge in [-0.25, -0.2) is 0 Å². The molecular formula is C11H23N3O2. The molecule has 0 aromatic rings. The molecule has 5 heteroatoms. The maximum Gasteiger partial charge on any atom is 0.239 e. The van der Waals surface area contributed by atoms with E-state index >= 15 is 0 Å². The van der Waals surface area contributed by atoms with Crippen LogP contribution >= 0.6 is 0 Å². The number of amides is 2. The molecule has 94 valence electrons. The summed E-state index contributed by atoms with van der Waals surface area (Å²) in [6.45, 7) is 7.59. The molecule has 4 N–H and O–H groups in total. The van der Waals surface area contributed by atoms with E-state index in [1.807, 2.05) is 27.7 Å². The van der Waals surface area contributed by atoms with Crippen molar-refractivity contribution in [3.63, 3.8) is 0 Å². The number of carbonyl (C=O) groups is 2. The molecule has 0 bridgehead atoms. The van der Waals surface area contributed by atoms with Gasteiger partial charge in [-0.1, -0.05) is 6.92 Å². The van der Waals surface area contributed by atoms with E-state index in [9.17, 15) is 9.59 Å². The summed E-state index contributed by atoms with van der Waals surface area (Å²) in [5.74, 6) is -0.371.